The molecule has 0 aliphatic rings. The number of hydrogen-bond donors (Lipinski definition) is 5. The monoisotopic (exact) mass is 241 g/mol. The average Bonchev–Trinajstić information content (AvgIpc) is 2.21. The molecule has 7 heteroatoms. The van der Waals surface area contributed by atoms with Crippen molar-refractivity contribution in [3.8, 4) is 11.5 Å². The van der Waals surface area contributed by atoms with Crippen LogP contribution in [-0.2, 0) is 11.2 Å². The summed E-state index contributed by atoms with van der Waals surface area (Å²) >= 11 is 0. The first kappa shape index (κ1) is 12.6. The van der Waals surface area contributed by atoms with Crippen molar-refractivity contribution in [1.82, 2.24) is 5.32 Å². The van der Waals surface area contributed by atoms with Gasteiger partial charge >= 0.3 is 12.1 Å². The number of amides is 1. The van der Waals surface area contributed by atoms with Crippen molar-refractivity contribution in [3.05, 3.63) is 23.8 Å². The van der Waals surface area contributed by atoms with E-state index in [9.17, 15) is 14.7 Å². The maximum absolute atomic E-state index is 10.8. The maximum atomic E-state index is 10.8. The van der Waals surface area contributed by atoms with Gasteiger partial charge in [-0.25, -0.2) is 9.59 Å². The van der Waals surface area contributed by atoms with Gasteiger partial charge in [-0.15, -0.1) is 0 Å². The molecule has 1 aromatic carbocycles. The molecule has 1 rings (SSSR count). The van der Waals surface area contributed by atoms with Crippen molar-refractivity contribution in [3.63, 3.8) is 0 Å². The molecule has 0 saturated heterocycles. The summed E-state index contributed by atoms with van der Waals surface area (Å²) in [6, 6.07) is 2.46. The lowest BCUT2D eigenvalue weighted by atomic mass is 10.1. The molecule has 92 valence electrons. The number of aromatic hydroxyl groups is 2. The van der Waals surface area contributed by atoms with Crippen molar-refractivity contribution in [2.24, 2.45) is 0 Å². The first-order valence-corrected chi connectivity index (χ1v) is 4.63. The molecule has 5 N–H and O–H groups in total. The van der Waals surface area contributed by atoms with Gasteiger partial charge in [0.05, 0.1) is 0 Å². The Labute approximate surface area is 95.9 Å². The Morgan fingerprint density at radius 3 is 2.29 bits per heavy atom. The standard InChI is InChI=1S/C10H11NO6/c12-7-2-1-5(4-8(7)13)3-6(9(14)15)11-10(16)17/h1-2,4,6,11-13H,3H2,(H,14,15)(H,16,17)/t6-/m0/s1. The van der Waals surface area contributed by atoms with E-state index in [0.29, 0.717) is 5.56 Å². The molecule has 0 aliphatic carbocycles. The molecule has 7 nitrogen and oxygen atoms in total. The van der Waals surface area contributed by atoms with Crippen LogP contribution in [0, 0.1) is 0 Å². The smallest absolute Gasteiger partial charge is 0.405 e. The zero-order valence-electron chi connectivity index (χ0n) is 8.62. The zero-order chi connectivity index (χ0) is 13.0. The number of carboxylic acids is 1. The van der Waals surface area contributed by atoms with E-state index in [2.05, 4.69) is 0 Å². The van der Waals surface area contributed by atoms with Crippen molar-refractivity contribution in [2.75, 3.05) is 0 Å². The van der Waals surface area contributed by atoms with E-state index in [-0.39, 0.29) is 17.9 Å². The maximum Gasteiger partial charge on any atom is 0.405 e. The molecule has 0 bridgehead atoms. The lowest BCUT2D eigenvalue weighted by Gasteiger charge is -2.12. The summed E-state index contributed by atoms with van der Waals surface area (Å²) in [7, 11) is 0. The zero-order valence-corrected chi connectivity index (χ0v) is 8.62. The number of nitrogens with one attached hydrogen (secondary N) is 1. The fourth-order valence-electron chi connectivity index (χ4n) is 1.28. The van der Waals surface area contributed by atoms with Gasteiger partial charge in [0.15, 0.2) is 11.5 Å². The minimum absolute atomic E-state index is 0.129. The highest BCUT2D eigenvalue weighted by Gasteiger charge is 2.20. The van der Waals surface area contributed by atoms with E-state index in [1.807, 2.05) is 5.32 Å². The number of carboxylic acid groups (broad SMARTS) is 2. The van der Waals surface area contributed by atoms with Gasteiger partial charge in [-0.05, 0) is 17.7 Å². The van der Waals surface area contributed by atoms with Crippen LogP contribution in [0.4, 0.5) is 4.79 Å². The van der Waals surface area contributed by atoms with Crippen molar-refractivity contribution in [1.29, 1.82) is 0 Å². The summed E-state index contributed by atoms with van der Waals surface area (Å²) in [6.07, 6.45) is -1.57. The predicted octanol–water partition coefficient (Wildman–Crippen LogP) is 0.361. The lowest BCUT2D eigenvalue weighted by molar-refractivity contribution is -0.139. The van der Waals surface area contributed by atoms with Crippen LogP contribution < -0.4 is 5.32 Å². The number of phenols is 2. The fourth-order valence-corrected chi connectivity index (χ4v) is 1.28. The third kappa shape index (κ3) is 3.56. The largest absolute Gasteiger partial charge is 0.504 e. The Morgan fingerprint density at radius 2 is 1.82 bits per heavy atom. The van der Waals surface area contributed by atoms with Gasteiger partial charge in [-0.1, -0.05) is 6.07 Å². The Balaban J connectivity index is 2.82. The van der Waals surface area contributed by atoms with Gasteiger partial charge in [0.2, 0.25) is 0 Å². The van der Waals surface area contributed by atoms with E-state index in [1.165, 1.54) is 18.2 Å². The van der Waals surface area contributed by atoms with Gasteiger partial charge < -0.3 is 25.7 Å². The second-order valence-corrected chi connectivity index (χ2v) is 3.37. The third-order valence-electron chi connectivity index (χ3n) is 2.08. The van der Waals surface area contributed by atoms with Gasteiger partial charge in [0, 0.05) is 6.42 Å². The minimum Gasteiger partial charge on any atom is -0.504 e. The van der Waals surface area contributed by atoms with Crippen molar-refractivity contribution in [2.45, 2.75) is 12.5 Å². The molecule has 0 heterocycles. The highest BCUT2D eigenvalue weighted by molar-refractivity contribution is 5.79. The third-order valence-corrected chi connectivity index (χ3v) is 2.08. The number of aliphatic carboxylic acids is 1. The SMILES string of the molecule is O=C(O)N[C@@H](Cc1ccc(O)c(O)c1)C(=O)O. The van der Waals surface area contributed by atoms with Gasteiger partial charge in [-0.2, -0.15) is 0 Å². The summed E-state index contributed by atoms with van der Waals surface area (Å²) in [5, 5.41) is 37.3. The summed E-state index contributed by atoms with van der Waals surface area (Å²) in [5.74, 6) is -2.03. The molecule has 1 aromatic rings. The second-order valence-electron chi connectivity index (χ2n) is 3.37. The minimum atomic E-state index is -1.44. The molecule has 0 aliphatic heterocycles. The second kappa shape index (κ2) is 5.06. The summed E-state index contributed by atoms with van der Waals surface area (Å²) in [6.45, 7) is 0. The van der Waals surface area contributed by atoms with Crippen molar-refractivity contribution >= 4 is 12.1 Å². The quantitative estimate of drug-likeness (QED) is 0.484. The van der Waals surface area contributed by atoms with Crippen LogP contribution in [0.15, 0.2) is 18.2 Å². The van der Waals surface area contributed by atoms with Gasteiger partial charge in [0.25, 0.3) is 0 Å². The predicted molar refractivity (Wildman–Crippen MR) is 56.1 cm³/mol. The molecular formula is C10H11NO6. The number of phenolic OH excluding ortho intramolecular Hbond substituents is 2. The van der Waals surface area contributed by atoms with E-state index < -0.39 is 18.1 Å². The molecule has 0 spiro atoms. The highest BCUT2D eigenvalue weighted by atomic mass is 16.4. The fraction of sp³-hybridized carbons (Fsp3) is 0.200. The summed E-state index contributed by atoms with van der Waals surface area (Å²) < 4.78 is 0. The first-order valence-electron chi connectivity index (χ1n) is 4.63. The topological polar surface area (TPSA) is 127 Å². The molecule has 0 radical (unpaired) electrons. The molecule has 0 fully saturated rings. The van der Waals surface area contributed by atoms with Crippen molar-refractivity contribution < 1.29 is 30.0 Å². The molecule has 0 saturated carbocycles. The van der Waals surface area contributed by atoms with Crippen LogP contribution in [0.25, 0.3) is 0 Å². The first-order chi connectivity index (χ1) is 7.90. The summed E-state index contributed by atoms with van der Waals surface area (Å²) in [5.41, 5.74) is 0.390. The van der Waals surface area contributed by atoms with Crippen LogP contribution in [0.3, 0.4) is 0 Å². The van der Waals surface area contributed by atoms with E-state index >= 15 is 0 Å². The Bertz CT molecular complexity index is 444. The Hall–Kier alpha value is -2.44. The molecule has 17 heavy (non-hydrogen) atoms. The molecular weight excluding hydrogens is 230 g/mol. The van der Waals surface area contributed by atoms with E-state index in [0.717, 1.165) is 0 Å². The van der Waals surface area contributed by atoms with E-state index in [1.54, 1.807) is 0 Å². The molecule has 1 atom stereocenters. The average molecular weight is 241 g/mol. The lowest BCUT2D eigenvalue weighted by Crippen LogP contribution is -2.41. The Kier molecular flexibility index (Phi) is 3.76. The van der Waals surface area contributed by atoms with Crippen LogP contribution in [0.5, 0.6) is 11.5 Å². The van der Waals surface area contributed by atoms with E-state index in [4.69, 9.17) is 15.3 Å². The number of hydrogen-bond acceptors (Lipinski definition) is 4. The molecule has 1 amide bonds. The Morgan fingerprint density at radius 1 is 1.18 bits per heavy atom. The molecule has 0 unspecified atom stereocenters. The van der Waals surface area contributed by atoms with Gasteiger partial charge in [-0.3, -0.25) is 0 Å². The molecule has 0 aromatic heterocycles. The van der Waals surface area contributed by atoms with Gasteiger partial charge in [0.1, 0.15) is 6.04 Å². The summed E-state index contributed by atoms with van der Waals surface area (Å²) in [4.78, 5) is 21.1. The number of rotatable bonds is 4. The van der Waals surface area contributed by atoms with Crippen LogP contribution in [-0.4, -0.2) is 38.5 Å². The van der Waals surface area contributed by atoms with Crippen LogP contribution in [0.1, 0.15) is 5.56 Å². The highest BCUT2D eigenvalue weighted by Crippen LogP contribution is 2.25. The normalized spacial score (nSPS) is 11.8. The van der Waals surface area contributed by atoms with Crippen LogP contribution in [0.2, 0.25) is 0 Å². The van der Waals surface area contributed by atoms with Crippen LogP contribution >= 0.6 is 0 Å². The number of carbonyl (C=O) groups is 2. The number of benzene rings is 1.